The predicted octanol–water partition coefficient (Wildman–Crippen LogP) is -5.46. The van der Waals surface area contributed by atoms with Crippen LogP contribution in [0.25, 0.3) is 0 Å². The molecule has 34 heavy (non-hydrogen) atoms. The Labute approximate surface area is 195 Å². The molecule has 0 aromatic rings. The van der Waals surface area contributed by atoms with Crippen LogP contribution in [-0.2, 0) is 28.7 Å². The summed E-state index contributed by atoms with van der Waals surface area (Å²) in [5.41, 5.74) is 9.90. The number of primary amides is 1. The lowest BCUT2D eigenvalue weighted by atomic mass is 10.1. The summed E-state index contributed by atoms with van der Waals surface area (Å²) in [4.78, 5) is 60.1. The first-order valence-corrected chi connectivity index (χ1v) is 10.5. The first-order chi connectivity index (χ1) is 16.1. The van der Waals surface area contributed by atoms with Gasteiger partial charge in [0.2, 0.25) is 17.7 Å². The second-order valence-corrected chi connectivity index (χ2v) is 7.33. The summed E-state index contributed by atoms with van der Waals surface area (Å²) in [6.45, 7) is 0.383. The number of ether oxygens (including phenoxy) is 2. The Morgan fingerprint density at radius 2 is 1.79 bits per heavy atom. The quantitative estimate of drug-likeness (QED) is 0.181. The number of nitrogens with two attached hydrogens (primary N) is 1. The van der Waals surface area contributed by atoms with Gasteiger partial charge >= 0.3 is 6.03 Å². The Balaban J connectivity index is 2.88. The molecule has 1 rings (SSSR count). The number of urea groups is 1. The minimum absolute atomic E-state index is 0.0538. The van der Waals surface area contributed by atoms with Gasteiger partial charge in [0.05, 0.1) is 38.6 Å². The topological polar surface area (TPSA) is 242 Å². The Bertz CT molecular complexity index is 707. The first kappa shape index (κ1) is 29.0. The Morgan fingerprint density at radius 1 is 1.09 bits per heavy atom. The van der Waals surface area contributed by atoms with Gasteiger partial charge in [0, 0.05) is 19.5 Å². The van der Waals surface area contributed by atoms with Crippen molar-refractivity contribution in [2.75, 3.05) is 46.1 Å². The molecule has 1 fully saturated rings. The predicted molar refractivity (Wildman–Crippen MR) is 115 cm³/mol. The maximum atomic E-state index is 12.3. The molecular weight excluding hydrogens is 458 g/mol. The lowest BCUT2D eigenvalue weighted by Gasteiger charge is -2.24. The summed E-state index contributed by atoms with van der Waals surface area (Å²) >= 11 is 0. The zero-order chi connectivity index (χ0) is 25.5. The molecule has 16 nitrogen and oxygen atoms in total. The molecule has 0 spiro atoms. The Morgan fingerprint density at radius 3 is 2.44 bits per heavy atom. The summed E-state index contributed by atoms with van der Waals surface area (Å²) in [7, 11) is 0. The van der Waals surface area contributed by atoms with E-state index in [2.05, 4.69) is 32.1 Å². The van der Waals surface area contributed by atoms with Crippen molar-refractivity contribution in [3.8, 4) is 0 Å². The maximum absolute atomic E-state index is 12.3. The number of hydrogen-bond donors (Lipinski definition) is 9. The summed E-state index contributed by atoms with van der Waals surface area (Å²) in [5, 5.41) is 28.8. The summed E-state index contributed by atoms with van der Waals surface area (Å²) in [5.74, 6) is -2.87. The van der Waals surface area contributed by atoms with E-state index >= 15 is 0 Å². The van der Waals surface area contributed by atoms with Crippen molar-refractivity contribution in [3.63, 3.8) is 0 Å². The summed E-state index contributed by atoms with van der Waals surface area (Å²) < 4.78 is 10.4. The Hall–Kier alpha value is -3.05. The lowest BCUT2D eigenvalue weighted by Crippen LogP contribution is -2.59. The van der Waals surface area contributed by atoms with E-state index in [0.29, 0.717) is 0 Å². The first-order valence-electron chi connectivity index (χ1n) is 10.5. The van der Waals surface area contributed by atoms with Gasteiger partial charge in [0.25, 0.3) is 5.91 Å². The van der Waals surface area contributed by atoms with Crippen molar-refractivity contribution in [1.29, 1.82) is 0 Å². The van der Waals surface area contributed by atoms with Crippen LogP contribution in [0.1, 0.15) is 13.3 Å². The van der Waals surface area contributed by atoms with E-state index in [4.69, 9.17) is 15.2 Å². The van der Waals surface area contributed by atoms with E-state index in [-0.39, 0.29) is 45.9 Å². The van der Waals surface area contributed by atoms with Crippen LogP contribution >= 0.6 is 0 Å². The highest BCUT2D eigenvalue weighted by atomic mass is 16.5. The standard InChI is InChI=1S/C18H33N7O9/c1-10(27)15-17(31)20-2-3-33-4-5-34-9-14(29)23-12(8-26)16(30)25-21-7-11(6-13(19)28)22-18(32)24-15/h10-12,15,21,26-27H,2-9H2,1H3,(H2,19,28)(H,20,31)(H,23,29)(H,25,30)(H2,22,24,32)/t10?,11-,12-,15-/m0/s1. The van der Waals surface area contributed by atoms with Gasteiger partial charge in [-0.3, -0.25) is 24.6 Å². The second kappa shape index (κ2) is 15.7. The molecule has 1 aliphatic rings. The van der Waals surface area contributed by atoms with Crippen molar-refractivity contribution in [2.24, 2.45) is 5.73 Å². The molecule has 1 unspecified atom stereocenters. The zero-order valence-corrected chi connectivity index (χ0v) is 18.8. The largest absolute Gasteiger partial charge is 0.394 e. The molecule has 6 amide bonds. The number of hydrazine groups is 1. The summed E-state index contributed by atoms with van der Waals surface area (Å²) in [6.07, 6.45) is -1.56. The number of amides is 6. The van der Waals surface area contributed by atoms with Gasteiger partial charge in [-0.2, -0.15) is 0 Å². The average Bonchev–Trinajstić information content (AvgIpc) is 2.75. The highest BCUT2D eigenvalue weighted by molar-refractivity contribution is 5.88. The molecule has 1 saturated heterocycles. The van der Waals surface area contributed by atoms with E-state index in [1.165, 1.54) is 6.92 Å². The molecule has 0 aromatic carbocycles. The smallest absolute Gasteiger partial charge is 0.315 e. The molecule has 0 radical (unpaired) electrons. The third-order valence-electron chi connectivity index (χ3n) is 4.38. The second-order valence-electron chi connectivity index (χ2n) is 7.33. The number of carbonyl (C=O) groups is 5. The van der Waals surface area contributed by atoms with Gasteiger partial charge in [-0.15, -0.1) is 0 Å². The molecule has 4 atom stereocenters. The normalized spacial score (nSPS) is 25.9. The molecule has 1 aliphatic heterocycles. The molecule has 0 aromatic heterocycles. The minimum atomic E-state index is -1.30. The molecule has 16 heteroatoms. The van der Waals surface area contributed by atoms with E-state index in [1.807, 2.05) is 0 Å². The van der Waals surface area contributed by atoms with Crippen LogP contribution in [0, 0.1) is 0 Å². The number of hydrogen-bond acceptors (Lipinski definition) is 10. The SMILES string of the molecule is CC(O)[C@@H]1NC(=O)N[C@@H](CC(N)=O)CNNC(=O)[C@H](CO)NC(=O)COCCOCCNC1=O. The van der Waals surface area contributed by atoms with E-state index < -0.39 is 60.5 Å². The molecule has 194 valence electrons. The van der Waals surface area contributed by atoms with Crippen LogP contribution in [0.4, 0.5) is 4.79 Å². The van der Waals surface area contributed by atoms with E-state index in [9.17, 15) is 34.2 Å². The molecule has 1 heterocycles. The van der Waals surface area contributed by atoms with Crippen LogP contribution in [-0.4, -0.2) is 110 Å². The lowest BCUT2D eigenvalue weighted by molar-refractivity contribution is -0.133. The van der Waals surface area contributed by atoms with Crippen LogP contribution in [0.15, 0.2) is 0 Å². The number of carbonyl (C=O) groups excluding carboxylic acids is 5. The van der Waals surface area contributed by atoms with Gasteiger partial charge in [0.15, 0.2) is 0 Å². The highest BCUT2D eigenvalue weighted by Crippen LogP contribution is 1.96. The molecule has 10 N–H and O–H groups in total. The fraction of sp³-hybridized carbons (Fsp3) is 0.722. The molecular formula is C18H33N7O9. The fourth-order valence-electron chi connectivity index (χ4n) is 2.71. The monoisotopic (exact) mass is 491 g/mol. The third-order valence-corrected chi connectivity index (χ3v) is 4.38. The van der Waals surface area contributed by atoms with Crippen LogP contribution in [0.3, 0.4) is 0 Å². The number of aliphatic hydroxyl groups excluding tert-OH is 2. The van der Waals surface area contributed by atoms with Crippen molar-refractivity contribution in [3.05, 3.63) is 0 Å². The third kappa shape index (κ3) is 11.7. The molecule has 0 bridgehead atoms. The van der Waals surface area contributed by atoms with Gasteiger partial charge in [-0.25, -0.2) is 10.2 Å². The van der Waals surface area contributed by atoms with Crippen LogP contribution < -0.4 is 37.9 Å². The zero-order valence-electron chi connectivity index (χ0n) is 18.8. The number of nitrogens with one attached hydrogen (secondary N) is 6. The fourth-order valence-corrected chi connectivity index (χ4v) is 2.71. The molecule has 0 saturated carbocycles. The van der Waals surface area contributed by atoms with Gasteiger partial charge in [0.1, 0.15) is 18.7 Å². The number of rotatable bonds is 4. The van der Waals surface area contributed by atoms with Crippen LogP contribution in [0.5, 0.6) is 0 Å². The van der Waals surface area contributed by atoms with E-state index in [1.54, 1.807) is 0 Å². The van der Waals surface area contributed by atoms with Crippen LogP contribution in [0.2, 0.25) is 0 Å². The minimum Gasteiger partial charge on any atom is -0.394 e. The van der Waals surface area contributed by atoms with E-state index in [0.717, 1.165) is 0 Å². The van der Waals surface area contributed by atoms with Crippen molar-refractivity contribution >= 4 is 29.7 Å². The molecule has 0 aliphatic carbocycles. The number of aliphatic hydroxyl groups is 2. The van der Waals surface area contributed by atoms with Crippen molar-refractivity contribution in [1.82, 2.24) is 32.1 Å². The van der Waals surface area contributed by atoms with Gasteiger partial charge < -0.3 is 46.7 Å². The van der Waals surface area contributed by atoms with Gasteiger partial charge in [-0.05, 0) is 6.92 Å². The van der Waals surface area contributed by atoms with Gasteiger partial charge in [-0.1, -0.05) is 0 Å². The highest BCUT2D eigenvalue weighted by Gasteiger charge is 2.27. The summed E-state index contributed by atoms with van der Waals surface area (Å²) in [6, 6.07) is -4.39. The Kier molecular flexibility index (Phi) is 13.4. The van der Waals surface area contributed by atoms with Crippen molar-refractivity contribution in [2.45, 2.75) is 37.6 Å². The maximum Gasteiger partial charge on any atom is 0.315 e. The van der Waals surface area contributed by atoms with Crippen molar-refractivity contribution < 1.29 is 43.7 Å². The average molecular weight is 492 g/mol.